The summed E-state index contributed by atoms with van der Waals surface area (Å²) in [5.41, 5.74) is 4.19. The number of anilines is 1. The zero-order valence-electron chi connectivity index (χ0n) is 16.1. The third kappa shape index (κ3) is 4.00. The van der Waals surface area contributed by atoms with E-state index in [-0.39, 0.29) is 6.04 Å². The highest BCUT2D eigenvalue weighted by molar-refractivity contribution is 7.88. The molecule has 1 aliphatic rings. The molecule has 3 heterocycles. The van der Waals surface area contributed by atoms with Crippen LogP contribution in [0.2, 0.25) is 0 Å². The maximum atomic E-state index is 11.7. The summed E-state index contributed by atoms with van der Waals surface area (Å²) in [6.45, 7) is 3.08. The highest BCUT2D eigenvalue weighted by Gasteiger charge is 2.25. The molecule has 6 nitrogen and oxygen atoms in total. The Labute approximate surface area is 165 Å². The quantitative estimate of drug-likeness (QED) is 0.731. The molecule has 1 fully saturated rings. The summed E-state index contributed by atoms with van der Waals surface area (Å²) in [7, 11) is -3.11. The minimum absolute atomic E-state index is 0.229. The first-order valence-corrected chi connectivity index (χ1v) is 11.3. The van der Waals surface area contributed by atoms with Gasteiger partial charge in [0, 0.05) is 60.1 Å². The van der Waals surface area contributed by atoms with Crippen molar-refractivity contribution >= 4 is 26.5 Å². The fourth-order valence-corrected chi connectivity index (χ4v) is 4.55. The number of aromatic nitrogens is 2. The van der Waals surface area contributed by atoms with Gasteiger partial charge in [-0.1, -0.05) is 6.07 Å². The van der Waals surface area contributed by atoms with Crippen molar-refractivity contribution in [2.75, 3.05) is 24.7 Å². The van der Waals surface area contributed by atoms with Gasteiger partial charge < -0.3 is 5.32 Å². The molecule has 0 bridgehead atoms. The molecule has 0 atom stereocenters. The fourth-order valence-electron chi connectivity index (χ4n) is 3.67. The van der Waals surface area contributed by atoms with Crippen LogP contribution in [0.1, 0.15) is 18.5 Å². The minimum atomic E-state index is -3.11. The molecule has 0 amide bonds. The van der Waals surface area contributed by atoms with Crippen molar-refractivity contribution < 1.29 is 8.42 Å². The number of pyridine rings is 2. The summed E-state index contributed by atoms with van der Waals surface area (Å²) >= 11 is 0. The Kier molecular flexibility index (Phi) is 5.03. The summed E-state index contributed by atoms with van der Waals surface area (Å²) in [5.74, 6) is 0. The molecule has 2 aromatic heterocycles. The van der Waals surface area contributed by atoms with Gasteiger partial charge in [0.05, 0.1) is 6.26 Å². The second-order valence-electron chi connectivity index (χ2n) is 7.39. The number of piperidine rings is 1. The van der Waals surface area contributed by atoms with E-state index >= 15 is 0 Å². The number of benzene rings is 1. The van der Waals surface area contributed by atoms with Gasteiger partial charge in [-0.25, -0.2) is 12.7 Å². The van der Waals surface area contributed by atoms with Crippen LogP contribution in [0.5, 0.6) is 0 Å². The third-order valence-corrected chi connectivity index (χ3v) is 6.59. The Balaban J connectivity index is 1.64. The van der Waals surface area contributed by atoms with Gasteiger partial charge in [0.1, 0.15) is 0 Å². The fraction of sp³-hybridized carbons (Fsp3) is 0.333. The van der Waals surface area contributed by atoms with Crippen molar-refractivity contribution in [3.63, 3.8) is 0 Å². The molecule has 1 N–H and O–H groups in total. The maximum absolute atomic E-state index is 11.7. The molecule has 0 radical (unpaired) electrons. The van der Waals surface area contributed by atoms with Crippen LogP contribution < -0.4 is 5.32 Å². The van der Waals surface area contributed by atoms with Crippen molar-refractivity contribution in [1.29, 1.82) is 0 Å². The number of hydrogen-bond acceptors (Lipinski definition) is 5. The average Bonchev–Trinajstić information content (AvgIpc) is 2.68. The smallest absolute Gasteiger partial charge is 0.211 e. The van der Waals surface area contributed by atoms with E-state index in [2.05, 4.69) is 33.5 Å². The van der Waals surface area contributed by atoms with Crippen LogP contribution in [-0.2, 0) is 10.0 Å². The first-order valence-electron chi connectivity index (χ1n) is 9.42. The Bertz CT molecular complexity index is 1090. The molecular formula is C21H24N4O2S. The standard InChI is InChI=1S/C21H24N4O2S/c1-15-3-4-17(13-23-15)18-11-16-5-8-22-14-20(16)21(12-18)24-19-6-9-25(10-7-19)28(2,26)27/h3-5,8,11-14,19,24H,6-7,9-10H2,1-2H3. The SMILES string of the molecule is Cc1ccc(-c2cc(NC3CCN(S(C)(=O)=O)CC3)c3cnccc3c2)cn1. The number of fused-ring (bicyclic) bond motifs is 1. The molecule has 3 aromatic rings. The van der Waals surface area contributed by atoms with Crippen molar-refractivity contribution in [3.05, 3.63) is 54.6 Å². The van der Waals surface area contributed by atoms with Gasteiger partial charge >= 0.3 is 0 Å². The van der Waals surface area contributed by atoms with Crippen molar-refractivity contribution in [2.24, 2.45) is 0 Å². The van der Waals surface area contributed by atoms with Gasteiger partial charge in [0.2, 0.25) is 10.0 Å². The van der Waals surface area contributed by atoms with E-state index in [1.165, 1.54) is 6.26 Å². The van der Waals surface area contributed by atoms with E-state index in [4.69, 9.17) is 0 Å². The molecule has 4 rings (SSSR count). The number of rotatable bonds is 4. The summed E-state index contributed by atoms with van der Waals surface area (Å²) in [6, 6.07) is 10.6. The summed E-state index contributed by atoms with van der Waals surface area (Å²) in [6.07, 6.45) is 8.41. The Morgan fingerprint density at radius 2 is 1.86 bits per heavy atom. The average molecular weight is 397 g/mol. The van der Waals surface area contributed by atoms with Gasteiger partial charge in [-0.15, -0.1) is 0 Å². The molecule has 28 heavy (non-hydrogen) atoms. The zero-order chi connectivity index (χ0) is 19.7. The van der Waals surface area contributed by atoms with Crippen LogP contribution in [0.4, 0.5) is 5.69 Å². The number of hydrogen-bond donors (Lipinski definition) is 1. The zero-order valence-corrected chi connectivity index (χ0v) is 16.9. The molecule has 1 aromatic carbocycles. The molecule has 1 saturated heterocycles. The van der Waals surface area contributed by atoms with E-state index in [0.29, 0.717) is 13.1 Å². The van der Waals surface area contributed by atoms with Gasteiger partial charge in [-0.05, 0) is 55.0 Å². The largest absolute Gasteiger partial charge is 0.382 e. The Morgan fingerprint density at radius 3 is 2.54 bits per heavy atom. The van der Waals surface area contributed by atoms with E-state index in [1.807, 2.05) is 31.5 Å². The highest BCUT2D eigenvalue weighted by Crippen LogP contribution is 2.32. The Hall–Kier alpha value is -2.51. The normalized spacial score (nSPS) is 16.4. The second kappa shape index (κ2) is 7.48. The molecule has 7 heteroatoms. The van der Waals surface area contributed by atoms with E-state index in [0.717, 1.165) is 46.1 Å². The molecule has 0 spiro atoms. The lowest BCUT2D eigenvalue weighted by Gasteiger charge is -2.31. The summed E-state index contributed by atoms with van der Waals surface area (Å²) < 4.78 is 25.0. The first kappa shape index (κ1) is 18.8. The number of nitrogens with one attached hydrogen (secondary N) is 1. The van der Waals surface area contributed by atoms with Crippen LogP contribution >= 0.6 is 0 Å². The van der Waals surface area contributed by atoms with E-state index in [1.54, 1.807) is 10.5 Å². The monoisotopic (exact) mass is 396 g/mol. The molecule has 0 saturated carbocycles. The van der Waals surface area contributed by atoms with Gasteiger partial charge in [-0.2, -0.15) is 0 Å². The topological polar surface area (TPSA) is 75.2 Å². The van der Waals surface area contributed by atoms with Gasteiger partial charge in [0.15, 0.2) is 0 Å². The molecule has 0 aliphatic carbocycles. The highest BCUT2D eigenvalue weighted by atomic mass is 32.2. The van der Waals surface area contributed by atoms with Crippen LogP contribution in [0.3, 0.4) is 0 Å². The Morgan fingerprint density at radius 1 is 1.07 bits per heavy atom. The van der Waals surface area contributed by atoms with Crippen LogP contribution in [0, 0.1) is 6.92 Å². The second-order valence-corrected chi connectivity index (χ2v) is 9.37. The predicted molar refractivity (Wildman–Crippen MR) is 113 cm³/mol. The van der Waals surface area contributed by atoms with Gasteiger partial charge in [0.25, 0.3) is 0 Å². The van der Waals surface area contributed by atoms with Crippen LogP contribution in [0.15, 0.2) is 48.9 Å². The van der Waals surface area contributed by atoms with Crippen molar-refractivity contribution in [3.8, 4) is 11.1 Å². The minimum Gasteiger partial charge on any atom is -0.382 e. The summed E-state index contributed by atoms with van der Waals surface area (Å²) in [5, 5.41) is 5.82. The predicted octanol–water partition coefficient (Wildman–Crippen LogP) is 3.44. The number of sulfonamides is 1. The maximum Gasteiger partial charge on any atom is 0.211 e. The third-order valence-electron chi connectivity index (χ3n) is 5.28. The number of nitrogens with zero attached hydrogens (tertiary/aromatic N) is 3. The number of aryl methyl sites for hydroxylation is 1. The lowest BCUT2D eigenvalue weighted by atomic mass is 10.00. The van der Waals surface area contributed by atoms with Crippen molar-refractivity contribution in [1.82, 2.24) is 14.3 Å². The van der Waals surface area contributed by atoms with Crippen molar-refractivity contribution in [2.45, 2.75) is 25.8 Å². The van der Waals surface area contributed by atoms with E-state index < -0.39 is 10.0 Å². The molecule has 1 aliphatic heterocycles. The molecule has 146 valence electrons. The van der Waals surface area contributed by atoms with Crippen LogP contribution in [0.25, 0.3) is 21.9 Å². The van der Waals surface area contributed by atoms with Crippen LogP contribution in [-0.4, -0.2) is 48.1 Å². The molecule has 0 unspecified atom stereocenters. The lowest BCUT2D eigenvalue weighted by molar-refractivity contribution is 0.332. The molecular weight excluding hydrogens is 372 g/mol. The summed E-state index contributed by atoms with van der Waals surface area (Å²) in [4.78, 5) is 8.70. The first-order chi connectivity index (χ1) is 13.4. The lowest BCUT2D eigenvalue weighted by Crippen LogP contribution is -2.41. The van der Waals surface area contributed by atoms with Gasteiger partial charge in [-0.3, -0.25) is 9.97 Å². The van der Waals surface area contributed by atoms with E-state index in [9.17, 15) is 8.42 Å².